The second-order valence-corrected chi connectivity index (χ2v) is 9.94. The fourth-order valence-electron chi connectivity index (χ4n) is 5.91. The first kappa shape index (κ1) is 24.1. The van der Waals surface area contributed by atoms with Gasteiger partial charge in [-0.25, -0.2) is 4.79 Å². The van der Waals surface area contributed by atoms with Gasteiger partial charge in [-0.1, -0.05) is 48.6 Å². The summed E-state index contributed by atoms with van der Waals surface area (Å²) in [6.45, 7) is 8.48. The van der Waals surface area contributed by atoms with E-state index >= 15 is 0 Å². The lowest BCUT2D eigenvalue weighted by Gasteiger charge is -2.24. The third kappa shape index (κ3) is 3.90. The Balaban J connectivity index is 1.52. The third-order valence-corrected chi connectivity index (χ3v) is 7.63. The van der Waals surface area contributed by atoms with Gasteiger partial charge in [-0.3, -0.25) is 0 Å². The molecule has 1 N–H and O–H groups in total. The number of hydrogen-bond donors (Lipinski definition) is 1. The normalized spacial score (nSPS) is 19.7. The lowest BCUT2D eigenvalue weighted by molar-refractivity contribution is -0.138. The van der Waals surface area contributed by atoms with Gasteiger partial charge < -0.3 is 19.0 Å². The SMILES string of the molecule is C=CCC1C=C(C=c2oc3c(c2O)C(c2ccc4c(c2)OCC4)C(C(=O)OCC)=C(C)C=3)c2ccccc21. The van der Waals surface area contributed by atoms with Crippen LogP contribution < -0.4 is 15.6 Å². The number of aromatic hydroxyl groups is 1. The Hall–Kier alpha value is -4.25. The Morgan fingerprint density at radius 1 is 1.24 bits per heavy atom. The predicted octanol–water partition coefficient (Wildman–Crippen LogP) is 5.26. The van der Waals surface area contributed by atoms with Crippen molar-refractivity contribution in [2.24, 2.45) is 0 Å². The lowest BCUT2D eigenvalue weighted by atomic mass is 9.80. The second-order valence-electron chi connectivity index (χ2n) is 9.94. The minimum absolute atomic E-state index is 0.0301. The molecule has 1 aliphatic heterocycles. The molecule has 0 amide bonds. The van der Waals surface area contributed by atoms with Gasteiger partial charge in [-0.15, -0.1) is 6.58 Å². The topological polar surface area (TPSA) is 68.9 Å². The van der Waals surface area contributed by atoms with Crippen molar-refractivity contribution in [3.05, 3.63) is 111 Å². The van der Waals surface area contributed by atoms with Gasteiger partial charge in [0.2, 0.25) is 0 Å². The summed E-state index contributed by atoms with van der Waals surface area (Å²) in [6.07, 6.45) is 9.52. The van der Waals surface area contributed by atoms with E-state index in [1.54, 1.807) is 6.92 Å². The van der Waals surface area contributed by atoms with Crippen LogP contribution in [0.3, 0.4) is 0 Å². The lowest BCUT2D eigenvalue weighted by Crippen LogP contribution is -2.24. The summed E-state index contributed by atoms with van der Waals surface area (Å²) >= 11 is 0. The summed E-state index contributed by atoms with van der Waals surface area (Å²) in [5.74, 6) is 0.126. The zero-order valence-electron chi connectivity index (χ0n) is 21.6. The zero-order chi connectivity index (χ0) is 26.4. The quantitative estimate of drug-likeness (QED) is 0.365. The molecule has 2 unspecified atom stereocenters. The van der Waals surface area contributed by atoms with E-state index in [1.165, 1.54) is 5.56 Å². The molecular formula is C33H30O5. The minimum atomic E-state index is -0.548. The largest absolute Gasteiger partial charge is 0.504 e. The number of fused-ring (bicyclic) bond motifs is 3. The maximum Gasteiger partial charge on any atom is 0.335 e. The van der Waals surface area contributed by atoms with Crippen molar-refractivity contribution in [2.45, 2.75) is 38.5 Å². The van der Waals surface area contributed by atoms with Gasteiger partial charge in [0.05, 0.1) is 24.4 Å². The van der Waals surface area contributed by atoms with Gasteiger partial charge in [-0.2, -0.15) is 0 Å². The highest BCUT2D eigenvalue weighted by Crippen LogP contribution is 2.42. The highest BCUT2D eigenvalue weighted by atomic mass is 16.5. The number of hydrogen-bond acceptors (Lipinski definition) is 5. The van der Waals surface area contributed by atoms with Crippen molar-refractivity contribution in [2.75, 3.05) is 13.2 Å². The molecule has 2 heterocycles. The number of rotatable bonds is 6. The van der Waals surface area contributed by atoms with Crippen LogP contribution in [-0.4, -0.2) is 24.3 Å². The van der Waals surface area contributed by atoms with Crippen molar-refractivity contribution < 1.29 is 23.8 Å². The molecule has 0 saturated carbocycles. The number of carbonyl (C=O) groups is 1. The van der Waals surface area contributed by atoms with Gasteiger partial charge in [0.15, 0.2) is 11.2 Å². The Kier molecular flexibility index (Phi) is 6.07. The molecule has 2 aromatic carbocycles. The Bertz CT molecular complexity index is 1650. The molecular weight excluding hydrogens is 476 g/mol. The Morgan fingerprint density at radius 3 is 2.89 bits per heavy atom. The molecule has 6 rings (SSSR count). The average molecular weight is 507 g/mol. The molecule has 0 saturated heterocycles. The highest BCUT2D eigenvalue weighted by Gasteiger charge is 2.35. The summed E-state index contributed by atoms with van der Waals surface area (Å²) in [5, 5.41) is 11.6. The van der Waals surface area contributed by atoms with Crippen molar-refractivity contribution >= 4 is 23.7 Å². The van der Waals surface area contributed by atoms with Gasteiger partial charge in [0, 0.05) is 18.3 Å². The van der Waals surface area contributed by atoms with Crippen LogP contribution in [-0.2, 0) is 16.0 Å². The van der Waals surface area contributed by atoms with E-state index in [0.717, 1.165) is 46.4 Å². The first-order valence-electron chi connectivity index (χ1n) is 13.1. The summed E-state index contributed by atoms with van der Waals surface area (Å²) in [4.78, 5) is 13.2. The number of ether oxygens (including phenoxy) is 2. The van der Waals surface area contributed by atoms with Gasteiger partial charge in [0.1, 0.15) is 11.2 Å². The van der Waals surface area contributed by atoms with Crippen molar-refractivity contribution in [3.63, 3.8) is 0 Å². The van der Waals surface area contributed by atoms with Crippen LogP contribution in [0.1, 0.15) is 59.9 Å². The van der Waals surface area contributed by atoms with E-state index in [4.69, 9.17) is 13.9 Å². The van der Waals surface area contributed by atoms with Gasteiger partial charge >= 0.3 is 5.97 Å². The third-order valence-electron chi connectivity index (χ3n) is 7.63. The fraction of sp³-hybridized carbons (Fsp3) is 0.242. The Morgan fingerprint density at radius 2 is 2.08 bits per heavy atom. The molecule has 3 aromatic rings. The molecule has 2 aliphatic carbocycles. The average Bonchev–Trinajstić information content (AvgIpc) is 3.60. The minimum Gasteiger partial charge on any atom is -0.504 e. The highest BCUT2D eigenvalue weighted by molar-refractivity contribution is 5.96. The second kappa shape index (κ2) is 9.56. The maximum atomic E-state index is 13.2. The van der Waals surface area contributed by atoms with Crippen LogP contribution >= 0.6 is 0 Å². The first-order valence-corrected chi connectivity index (χ1v) is 13.1. The molecule has 5 nitrogen and oxygen atoms in total. The van der Waals surface area contributed by atoms with Crippen LogP contribution in [0.2, 0.25) is 0 Å². The van der Waals surface area contributed by atoms with E-state index in [0.29, 0.717) is 28.6 Å². The van der Waals surface area contributed by atoms with Crippen molar-refractivity contribution in [1.82, 2.24) is 0 Å². The standard InChI is InChI=1S/C33H30O5/c1-4-8-21-16-23(25-10-7-6-9-24(21)25)18-28-32(34)31-27(38-28)15-19(3)29(33(35)36-5-2)30(31)22-12-11-20-13-14-37-26(20)17-22/h4,6-7,9-12,15-18,21,30,34H,1,5,8,13-14H2,2-3H3. The number of allylic oxidation sites excluding steroid dienone is 4. The number of benzene rings is 2. The molecule has 0 bridgehead atoms. The number of esters is 1. The van der Waals surface area contributed by atoms with Crippen molar-refractivity contribution in [1.29, 1.82) is 0 Å². The molecule has 192 valence electrons. The van der Waals surface area contributed by atoms with Crippen LogP contribution in [0.5, 0.6) is 11.5 Å². The molecule has 38 heavy (non-hydrogen) atoms. The van der Waals surface area contributed by atoms with Gasteiger partial charge in [0.25, 0.3) is 0 Å². The molecule has 1 aromatic heterocycles. The zero-order valence-corrected chi connectivity index (χ0v) is 21.6. The van der Waals surface area contributed by atoms with E-state index in [2.05, 4.69) is 24.8 Å². The van der Waals surface area contributed by atoms with Crippen molar-refractivity contribution in [3.8, 4) is 11.5 Å². The molecule has 2 atom stereocenters. The maximum absolute atomic E-state index is 13.2. The molecule has 0 radical (unpaired) electrons. The van der Waals surface area contributed by atoms with Crippen LogP contribution in [0.4, 0.5) is 0 Å². The molecule has 5 heteroatoms. The predicted molar refractivity (Wildman–Crippen MR) is 147 cm³/mol. The first-order chi connectivity index (χ1) is 18.5. The van der Waals surface area contributed by atoms with E-state index in [1.807, 2.05) is 55.5 Å². The number of furan rings is 1. The van der Waals surface area contributed by atoms with Crippen LogP contribution in [0.15, 0.2) is 76.8 Å². The molecule has 0 fully saturated rings. The smallest absolute Gasteiger partial charge is 0.335 e. The molecule has 0 spiro atoms. The molecule has 3 aliphatic rings. The van der Waals surface area contributed by atoms with E-state index in [-0.39, 0.29) is 18.3 Å². The summed E-state index contributed by atoms with van der Waals surface area (Å²) in [5.41, 5.74) is 8.05. The van der Waals surface area contributed by atoms with E-state index in [9.17, 15) is 9.90 Å². The van der Waals surface area contributed by atoms with Crippen LogP contribution in [0, 0.1) is 0 Å². The van der Waals surface area contributed by atoms with E-state index < -0.39 is 11.9 Å². The van der Waals surface area contributed by atoms with Gasteiger partial charge in [-0.05, 0) is 71.9 Å². The summed E-state index contributed by atoms with van der Waals surface area (Å²) in [6, 6.07) is 14.3. The monoisotopic (exact) mass is 506 g/mol. The number of carbonyl (C=O) groups excluding carboxylic acids is 1. The van der Waals surface area contributed by atoms with Crippen LogP contribution in [0.25, 0.3) is 17.7 Å². The fourth-order valence-corrected chi connectivity index (χ4v) is 5.91. The Labute approximate surface area is 221 Å². The summed E-state index contributed by atoms with van der Waals surface area (Å²) < 4.78 is 17.6. The summed E-state index contributed by atoms with van der Waals surface area (Å²) in [7, 11) is 0.